The number of ether oxygens (including phenoxy) is 1. The van der Waals surface area contributed by atoms with Crippen LogP contribution in [0.2, 0.25) is 5.02 Å². The maximum absolute atomic E-state index is 12.3. The molecule has 21 heavy (non-hydrogen) atoms. The molecule has 1 aromatic carbocycles. The van der Waals surface area contributed by atoms with Gasteiger partial charge in [-0.05, 0) is 43.2 Å². The van der Waals surface area contributed by atoms with Crippen LogP contribution < -0.4 is 0 Å². The van der Waals surface area contributed by atoms with Gasteiger partial charge in [-0.25, -0.2) is 0 Å². The molecule has 0 saturated heterocycles. The van der Waals surface area contributed by atoms with Crippen molar-refractivity contribution in [2.45, 2.75) is 49.8 Å². The third kappa shape index (κ3) is 4.40. The molecule has 1 unspecified atom stereocenters. The van der Waals surface area contributed by atoms with Crippen LogP contribution in [-0.4, -0.2) is 18.8 Å². The SMILES string of the molecule is CCOC(=O)C(CC1CCCC1)c1ccc(SC)c(Cl)c1. The highest BCUT2D eigenvalue weighted by Gasteiger charge is 2.28. The molecule has 2 nitrogen and oxygen atoms in total. The second-order valence-electron chi connectivity index (χ2n) is 5.58. The molecule has 1 atom stereocenters. The van der Waals surface area contributed by atoms with Crippen LogP contribution in [0.25, 0.3) is 0 Å². The molecule has 0 spiro atoms. The maximum Gasteiger partial charge on any atom is 0.313 e. The molecular weight excluding hydrogens is 304 g/mol. The van der Waals surface area contributed by atoms with Crippen molar-refractivity contribution < 1.29 is 9.53 Å². The summed E-state index contributed by atoms with van der Waals surface area (Å²) >= 11 is 7.92. The molecule has 0 radical (unpaired) electrons. The van der Waals surface area contributed by atoms with Crippen molar-refractivity contribution in [2.75, 3.05) is 12.9 Å². The van der Waals surface area contributed by atoms with E-state index in [4.69, 9.17) is 16.3 Å². The lowest BCUT2D eigenvalue weighted by Gasteiger charge is -2.20. The lowest BCUT2D eigenvalue weighted by molar-refractivity contribution is -0.145. The number of carbonyl (C=O) groups excluding carboxylic acids is 1. The second-order valence-corrected chi connectivity index (χ2v) is 6.84. The van der Waals surface area contributed by atoms with Gasteiger partial charge in [0.15, 0.2) is 0 Å². The Balaban J connectivity index is 2.20. The van der Waals surface area contributed by atoms with E-state index in [0.29, 0.717) is 12.5 Å². The van der Waals surface area contributed by atoms with Gasteiger partial charge in [-0.3, -0.25) is 4.79 Å². The molecule has 0 bridgehead atoms. The predicted octanol–water partition coefficient (Wildman–Crippen LogP) is 5.29. The number of hydrogen-bond donors (Lipinski definition) is 0. The maximum atomic E-state index is 12.3. The summed E-state index contributed by atoms with van der Waals surface area (Å²) in [5.74, 6) is 0.345. The third-order valence-electron chi connectivity index (χ3n) is 4.19. The summed E-state index contributed by atoms with van der Waals surface area (Å²) in [6, 6.07) is 5.96. The van der Waals surface area contributed by atoms with Crippen molar-refractivity contribution in [3.05, 3.63) is 28.8 Å². The first-order chi connectivity index (χ1) is 10.2. The Morgan fingerprint density at radius 2 is 2.14 bits per heavy atom. The van der Waals surface area contributed by atoms with Crippen LogP contribution in [0.3, 0.4) is 0 Å². The Kier molecular flexibility index (Phi) is 6.43. The Morgan fingerprint density at radius 1 is 1.43 bits per heavy atom. The molecule has 1 aliphatic rings. The summed E-state index contributed by atoms with van der Waals surface area (Å²) in [7, 11) is 0. The minimum Gasteiger partial charge on any atom is -0.466 e. The summed E-state index contributed by atoms with van der Waals surface area (Å²) in [6.45, 7) is 2.28. The van der Waals surface area contributed by atoms with Crippen LogP contribution in [0.15, 0.2) is 23.1 Å². The van der Waals surface area contributed by atoms with Gasteiger partial charge >= 0.3 is 5.97 Å². The molecule has 4 heteroatoms. The Hall–Kier alpha value is -0.670. The fourth-order valence-corrected chi connectivity index (χ4v) is 3.97. The number of rotatable bonds is 6. The van der Waals surface area contributed by atoms with E-state index < -0.39 is 0 Å². The highest BCUT2D eigenvalue weighted by Crippen LogP contribution is 2.36. The number of carbonyl (C=O) groups is 1. The van der Waals surface area contributed by atoms with Gasteiger partial charge < -0.3 is 4.74 Å². The number of thioether (sulfide) groups is 1. The van der Waals surface area contributed by atoms with Crippen molar-refractivity contribution in [3.8, 4) is 0 Å². The second kappa shape index (κ2) is 8.09. The van der Waals surface area contributed by atoms with Crippen LogP contribution in [0.1, 0.15) is 50.5 Å². The van der Waals surface area contributed by atoms with Crippen LogP contribution in [0.4, 0.5) is 0 Å². The van der Waals surface area contributed by atoms with Gasteiger partial charge in [0.1, 0.15) is 0 Å². The summed E-state index contributed by atoms with van der Waals surface area (Å²) in [5, 5.41) is 0.723. The van der Waals surface area contributed by atoms with Crippen LogP contribution in [0, 0.1) is 5.92 Å². The van der Waals surface area contributed by atoms with E-state index in [2.05, 4.69) is 0 Å². The third-order valence-corrected chi connectivity index (χ3v) is 5.41. The van der Waals surface area contributed by atoms with Crippen molar-refractivity contribution in [2.24, 2.45) is 5.92 Å². The van der Waals surface area contributed by atoms with Crippen molar-refractivity contribution in [1.82, 2.24) is 0 Å². The van der Waals surface area contributed by atoms with Crippen LogP contribution in [-0.2, 0) is 9.53 Å². The Labute approximate surface area is 136 Å². The molecule has 0 heterocycles. The average molecular weight is 327 g/mol. The average Bonchev–Trinajstić information content (AvgIpc) is 2.98. The minimum absolute atomic E-state index is 0.114. The smallest absolute Gasteiger partial charge is 0.313 e. The molecule has 1 aromatic rings. The molecule has 0 N–H and O–H groups in total. The molecule has 1 aliphatic carbocycles. The molecule has 0 aliphatic heterocycles. The topological polar surface area (TPSA) is 26.3 Å². The van der Waals surface area contributed by atoms with Gasteiger partial charge in [0.2, 0.25) is 0 Å². The molecule has 2 rings (SSSR count). The van der Waals surface area contributed by atoms with Gasteiger partial charge in [0, 0.05) is 4.90 Å². The quantitative estimate of drug-likeness (QED) is 0.525. The van der Waals surface area contributed by atoms with Gasteiger partial charge in [0.05, 0.1) is 17.5 Å². The van der Waals surface area contributed by atoms with E-state index in [-0.39, 0.29) is 11.9 Å². The number of benzene rings is 1. The molecule has 0 aromatic heterocycles. The Morgan fingerprint density at radius 3 is 2.71 bits per heavy atom. The lowest BCUT2D eigenvalue weighted by atomic mass is 9.88. The Bertz CT molecular complexity index is 484. The van der Waals surface area contributed by atoms with E-state index in [1.165, 1.54) is 25.7 Å². The summed E-state index contributed by atoms with van der Waals surface area (Å²) < 4.78 is 5.28. The fourth-order valence-electron chi connectivity index (χ4n) is 3.09. The van der Waals surface area contributed by atoms with E-state index in [1.54, 1.807) is 11.8 Å². The van der Waals surface area contributed by atoms with Crippen molar-refractivity contribution in [1.29, 1.82) is 0 Å². The zero-order valence-corrected chi connectivity index (χ0v) is 14.3. The first-order valence-electron chi connectivity index (χ1n) is 7.65. The highest BCUT2D eigenvalue weighted by atomic mass is 35.5. The first kappa shape index (κ1) is 16.7. The van der Waals surface area contributed by atoms with Crippen molar-refractivity contribution >= 4 is 29.3 Å². The standard InChI is InChI=1S/C17H23ClO2S/c1-3-20-17(19)14(10-12-6-4-5-7-12)13-8-9-16(21-2)15(18)11-13/h8-9,11-12,14H,3-7,10H2,1-2H3. The number of esters is 1. The van der Waals surface area contributed by atoms with E-state index in [1.807, 2.05) is 31.4 Å². The van der Waals surface area contributed by atoms with E-state index >= 15 is 0 Å². The largest absolute Gasteiger partial charge is 0.466 e. The van der Waals surface area contributed by atoms with E-state index in [0.717, 1.165) is 21.9 Å². The molecule has 1 saturated carbocycles. The summed E-state index contributed by atoms with van der Waals surface area (Å²) in [6.07, 6.45) is 7.91. The van der Waals surface area contributed by atoms with Crippen LogP contribution in [0.5, 0.6) is 0 Å². The number of halogens is 1. The van der Waals surface area contributed by atoms with E-state index in [9.17, 15) is 4.79 Å². The van der Waals surface area contributed by atoms with Gasteiger partial charge in [-0.1, -0.05) is 43.4 Å². The van der Waals surface area contributed by atoms with Crippen molar-refractivity contribution in [3.63, 3.8) is 0 Å². The monoisotopic (exact) mass is 326 g/mol. The molecule has 1 fully saturated rings. The van der Waals surface area contributed by atoms with Gasteiger partial charge in [-0.15, -0.1) is 11.8 Å². The summed E-state index contributed by atoms with van der Waals surface area (Å²) in [5.41, 5.74) is 0.989. The van der Waals surface area contributed by atoms with Gasteiger partial charge in [-0.2, -0.15) is 0 Å². The fraction of sp³-hybridized carbons (Fsp3) is 0.588. The predicted molar refractivity (Wildman–Crippen MR) is 89.2 cm³/mol. The normalized spacial score (nSPS) is 16.9. The molecule has 0 amide bonds. The minimum atomic E-state index is -0.179. The zero-order chi connectivity index (χ0) is 15.2. The molecular formula is C17H23ClO2S. The molecule has 116 valence electrons. The zero-order valence-electron chi connectivity index (χ0n) is 12.7. The highest BCUT2D eigenvalue weighted by molar-refractivity contribution is 7.98. The van der Waals surface area contributed by atoms with Gasteiger partial charge in [0.25, 0.3) is 0 Å². The van der Waals surface area contributed by atoms with Crippen LogP contribution >= 0.6 is 23.4 Å². The number of hydrogen-bond acceptors (Lipinski definition) is 3. The lowest BCUT2D eigenvalue weighted by Crippen LogP contribution is -2.18. The summed E-state index contributed by atoms with van der Waals surface area (Å²) in [4.78, 5) is 13.4. The first-order valence-corrected chi connectivity index (χ1v) is 9.26.